The summed E-state index contributed by atoms with van der Waals surface area (Å²) < 4.78 is 26.1. The summed E-state index contributed by atoms with van der Waals surface area (Å²) in [6.45, 7) is 6.60. The monoisotopic (exact) mass is 296 g/mol. The van der Waals surface area contributed by atoms with E-state index in [1.807, 2.05) is 26.0 Å². The summed E-state index contributed by atoms with van der Waals surface area (Å²) in [5.74, 6) is 0.859. The molecule has 0 bridgehead atoms. The van der Waals surface area contributed by atoms with Crippen molar-refractivity contribution in [1.29, 1.82) is 0 Å². The maximum Gasteiger partial charge on any atom is 0.243 e. The minimum absolute atomic E-state index is 0.382. The van der Waals surface area contributed by atoms with Gasteiger partial charge in [-0.15, -0.1) is 0 Å². The topological polar surface area (TPSA) is 49.4 Å². The van der Waals surface area contributed by atoms with Gasteiger partial charge in [-0.05, 0) is 43.0 Å². The number of nitrogens with one attached hydrogen (secondary N) is 1. The fourth-order valence-electron chi connectivity index (χ4n) is 2.23. The van der Waals surface area contributed by atoms with E-state index in [-0.39, 0.29) is 0 Å². The molecule has 0 saturated heterocycles. The van der Waals surface area contributed by atoms with Gasteiger partial charge in [-0.3, -0.25) is 0 Å². The molecule has 4 nitrogen and oxygen atoms in total. The van der Waals surface area contributed by atoms with Crippen LogP contribution in [0.25, 0.3) is 0 Å². The zero-order valence-electron chi connectivity index (χ0n) is 12.3. The first kappa shape index (κ1) is 15.5. The van der Waals surface area contributed by atoms with Gasteiger partial charge in [0.2, 0.25) is 10.0 Å². The van der Waals surface area contributed by atoms with Gasteiger partial charge in [-0.25, -0.2) is 8.42 Å². The van der Waals surface area contributed by atoms with Gasteiger partial charge in [0.1, 0.15) is 0 Å². The normalized spacial score (nSPS) is 15.8. The summed E-state index contributed by atoms with van der Waals surface area (Å²) >= 11 is 0. The van der Waals surface area contributed by atoms with Crippen molar-refractivity contribution >= 4 is 10.0 Å². The van der Waals surface area contributed by atoms with Crippen molar-refractivity contribution in [3.8, 4) is 0 Å². The summed E-state index contributed by atoms with van der Waals surface area (Å²) in [5, 5.41) is 3.41. The van der Waals surface area contributed by atoms with Crippen LogP contribution >= 0.6 is 0 Å². The first-order chi connectivity index (χ1) is 9.57. The molecule has 20 heavy (non-hydrogen) atoms. The van der Waals surface area contributed by atoms with Crippen molar-refractivity contribution in [2.24, 2.45) is 5.92 Å². The van der Waals surface area contributed by atoms with Crippen molar-refractivity contribution in [2.75, 3.05) is 19.6 Å². The van der Waals surface area contributed by atoms with Crippen LogP contribution in [-0.2, 0) is 16.6 Å². The third-order valence-electron chi connectivity index (χ3n) is 3.73. The summed E-state index contributed by atoms with van der Waals surface area (Å²) in [5.41, 5.74) is 1.13. The Morgan fingerprint density at radius 1 is 1.15 bits per heavy atom. The Morgan fingerprint density at radius 3 is 2.25 bits per heavy atom. The molecule has 1 aliphatic carbocycles. The van der Waals surface area contributed by atoms with Crippen LogP contribution in [0.1, 0.15) is 32.3 Å². The highest BCUT2D eigenvalue weighted by Crippen LogP contribution is 2.27. The lowest BCUT2D eigenvalue weighted by molar-refractivity contribution is 0.445. The lowest BCUT2D eigenvalue weighted by Crippen LogP contribution is -2.30. The maximum absolute atomic E-state index is 12.3. The van der Waals surface area contributed by atoms with Crippen LogP contribution in [-0.4, -0.2) is 32.4 Å². The van der Waals surface area contributed by atoms with E-state index in [4.69, 9.17) is 0 Å². The molecule has 0 spiro atoms. The third kappa shape index (κ3) is 3.81. The summed E-state index contributed by atoms with van der Waals surface area (Å²) in [6, 6.07) is 7.22. The van der Waals surface area contributed by atoms with Gasteiger partial charge in [0, 0.05) is 19.6 Å². The van der Waals surface area contributed by atoms with E-state index in [0.717, 1.165) is 24.6 Å². The highest BCUT2D eigenvalue weighted by Gasteiger charge is 2.21. The van der Waals surface area contributed by atoms with Crippen molar-refractivity contribution in [2.45, 2.75) is 38.1 Å². The first-order valence-electron chi connectivity index (χ1n) is 7.37. The lowest BCUT2D eigenvalue weighted by Gasteiger charge is -2.18. The van der Waals surface area contributed by atoms with Crippen LogP contribution in [0.15, 0.2) is 29.2 Å². The maximum atomic E-state index is 12.3. The predicted octanol–water partition coefficient (Wildman–Crippen LogP) is 2.22. The second-order valence-corrected chi connectivity index (χ2v) is 7.25. The molecular formula is C15H24N2O2S. The van der Waals surface area contributed by atoms with E-state index in [1.165, 1.54) is 17.1 Å². The molecular weight excluding hydrogens is 272 g/mol. The Hall–Kier alpha value is -0.910. The van der Waals surface area contributed by atoms with E-state index in [1.54, 1.807) is 12.1 Å². The van der Waals surface area contributed by atoms with Gasteiger partial charge in [0.05, 0.1) is 4.90 Å². The molecule has 0 radical (unpaired) electrons. The Kier molecular flexibility index (Phi) is 5.18. The molecule has 0 aromatic heterocycles. The van der Waals surface area contributed by atoms with Crippen molar-refractivity contribution in [1.82, 2.24) is 9.62 Å². The van der Waals surface area contributed by atoms with E-state index in [2.05, 4.69) is 5.32 Å². The van der Waals surface area contributed by atoms with Crippen LogP contribution in [0, 0.1) is 5.92 Å². The predicted molar refractivity (Wildman–Crippen MR) is 81.0 cm³/mol. The van der Waals surface area contributed by atoms with Gasteiger partial charge in [-0.2, -0.15) is 4.31 Å². The van der Waals surface area contributed by atoms with Gasteiger partial charge in [0.15, 0.2) is 0 Å². The van der Waals surface area contributed by atoms with E-state index < -0.39 is 10.0 Å². The fourth-order valence-corrected chi connectivity index (χ4v) is 3.69. The average molecular weight is 296 g/mol. The average Bonchev–Trinajstić information content (AvgIpc) is 3.24. The molecule has 0 amide bonds. The largest absolute Gasteiger partial charge is 0.312 e. The van der Waals surface area contributed by atoms with Crippen LogP contribution < -0.4 is 5.32 Å². The molecule has 2 rings (SSSR count). The zero-order chi connectivity index (χ0) is 14.6. The number of hydrogen-bond acceptors (Lipinski definition) is 3. The van der Waals surface area contributed by atoms with E-state index in [9.17, 15) is 8.42 Å². The number of rotatable bonds is 8. The molecule has 0 aliphatic heterocycles. The van der Waals surface area contributed by atoms with E-state index >= 15 is 0 Å². The Balaban J connectivity index is 1.99. The second kappa shape index (κ2) is 6.70. The van der Waals surface area contributed by atoms with Crippen LogP contribution in [0.3, 0.4) is 0 Å². The number of sulfonamides is 1. The van der Waals surface area contributed by atoms with Gasteiger partial charge >= 0.3 is 0 Å². The molecule has 1 saturated carbocycles. The highest BCUT2D eigenvalue weighted by molar-refractivity contribution is 7.89. The zero-order valence-corrected chi connectivity index (χ0v) is 13.1. The number of nitrogens with zero attached hydrogens (tertiary/aromatic N) is 1. The Morgan fingerprint density at radius 2 is 1.75 bits per heavy atom. The molecule has 1 aromatic carbocycles. The standard InChI is InChI=1S/C15H24N2O2S/c1-3-17(4-2)20(18,19)15-9-7-14(8-10-15)12-16-11-13-5-6-13/h7-10,13,16H,3-6,11-12H2,1-2H3. The van der Waals surface area contributed by atoms with Crippen LogP contribution in [0.4, 0.5) is 0 Å². The van der Waals surface area contributed by atoms with Crippen molar-refractivity contribution in [3.05, 3.63) is 29.8 Å². The smallest absolute Gasteiger partial charge is 0.243 e. The minimum atomic E-state index is -3.33. The Labute approximate surface area is 122 Å². The van der Waals surface area contributed by atoms with Gasteiger partial charge < -0.3 is 5.32 Å². The quantitative estimate of drug-likeness (QED) is 0.800. The SMILES string of the molecule is CCN(CC)S(=O)(=O)c1ccc(CNCC2CC2)cc1. The molecule has 1 aromatic rings. The summed E-state index contributed by atoms with van der Waals surface area (Å²) in [4.78, 5) is 0.382. The molecule has 5 heteroatoms. The van der Waals surface area contributed by atoms with Crippen molar-refractivity contribution < 1.29 is 8.42 Å². The summed E-state index contributed by atoms with van der Waals surface area (Å²) in [6.07, 6.45) is 2.68. The molecule has 0 heterocycles. The molecule has 0 unspecified atom stereocenters. The molecule has 1 aliphatic rings. The molecule has 0 atom stereocenters. The molecule has 112 valence electrons. The molecule has 1 fully saturated rings. The number of benzene rings is 1. The van der Waals surface area contributed by atoms with Gasteiger partial charge in [0.25, 0.3) is 0 Å². The van der Waals surface area contributed by atoms with Crippen molar-refractivity contribution in [3.63, 3.8) is 0 Å². The first-order valence-corrected chi connectivity index (χ1v) is 8.81. The van der Waals surface area contributed by atoms with E-state index in [0.29, 0.717) is 18.0 Å². The number of hydrogen-bond donors (Lipinski definition) is 1. The highest BCUT2D eigenvalue weighted by atomic mass is 32.2. The fraction of sp³-hybridized carbons (Fsp3) is 0.600. The van der Waals surface area contributed by atoms with Gasteiger partial charge in [-0.1, -0.05) is 26.0 Å². The Bertz CT molecular complexity index is 517. The second-order valence-electron chi connectivity index (χ2n) is 5.31. The lowest BCUT2D eigenvalue weighted by atomic mass is 10.2. The summed E-state index contributed by atoms with van der Waals surface area (Å²) in [7, 11) is -3.33. The third-order valence-corrected chi connectivity index (χ3v) is 5.79. The van der Waals surface area contributed by atoms with Crippen LogP contribution in [0.2, 0.25) is 0 Å². The minimum Gasteiger partial charge on any atom is -0.312 e. The van der Waals surface area contributed by atoms with Crippen LogP contribution in [0.5, 0.6) is 0 Å². The molecule has 1 N–H and O–H groups in total.